The van der Waals surface area contributed by atoms with E-state index in [1.165, 1.54) is 0 Å². The largest absolute Gasteiger partial charge is 0.370 e. The molecule has 0 fully saturated rings. The molecule has 0 aliphatic rings. The number of rotatable bonds is 12. The average molecular weight is 320 g/mol. The Labute approximate surface area is 140 Å². The van der Waals surface area contributed by atoms with E-state index >= 15 is 0 Å². The first-order valence-electron chi connectivity index (χ1n) is 8.99. The standard InChI is InChI=1S/C18H32N4O/c1-4-7-12-19-16-11-10-15(18(23)21-14-9-6-3)17(22-16)20-13-8-5-2/h10-11H,4-9,12-14H2,1-3H3,(H,21,23)(H2,19,20,22). The number of nitrogens with zero attached hydrogens (tertiary/aromatic N) is 1. The van der Waals surface area contributed by atoms with Crippen molar-refractivity contribution in [1.82, 2.24) is 10.3 Å². The summed E-state index contributed by atoms with van der Waals surface area (Å²) in [4.78, 5) is 16.9. The topological polar surface area (TPSA) is 66.0 Å². The number of amides is 1. The van der Waals surface area contributed by atoms with Gasteiger partial charge in [0.05, 0.1) is 5.56 Å². The Morgan fingerprint density at radius 1 is 0.913 bits per heavy atom. The van der Waals surface area contributed by atoms with Crippen molar-refractivity contribution in [3.8, 4) is 0 Å². The number of carbonyl (C=O) groups is 1. The van der Waals surface area contributed by atoms with Gasteiger partial charge in [0.25, 0.3) is 5.91 Å². The zero-order chi connectivity index (χ0) is 16.9. The summed E-state index contributed by atoms with van der Waals surface area (Å²) < 4.78 is 0. The molecular weight excluding hydrogens is 288 g/mol. The van der Waals surface area contributed by atoms with Crippen LogP contribution in [0.4, 0.5) is 11.6 Å². The number of hydrogen-bond acceptors (Lipinski definition) is 4. The van der Waals surface area contributed by atoms with Crippen LogP contribution >= 0.6 is 0 Å². The highest BCUT2D eigenvalue weighted by Gasteiger charge is 2.13. The number of anilines is 2. The van der Waals surface area contributed by atoms with E-state index in [2.05, 4.69) is 41.7 Å². The maximum atomic E-state index is 12.3. The van der Waals surface area contributed by atoms with E-state index in [1.54, 1.807) is 0 Å². The van der Waals surface area contributed by atoms with Gasteiger partial charge in [0.15, 0.2) is 0 Å². The molecule has 0 saturated carbocycles. The predicted octanol–water partition coefficient (Wildman–Crippen LogP) is 4.04. The monoisotopic (exact) mass is 320 g/mol. The van der Waals surface area contributed by atoms with Crippen LogP contribution in [0, 0.1) is 0 Å². The lowest BCUT2D eigenvalue weighted by Gasteiger charge is -2.13. The Hall–Kier alpha value is -1.78. The summed E-state index contributed by atoms with van der Waals surface area (Å²) in [5.74, 6) is 1.45. The summed E-state index contributed by atoms with van der Waals surface area (Å²) in [7, 11) is 0. The van der Waals surface area contributed by atoms with E-state index in [1.807, 2.05) is 12.1 Å². The van der Waals surface area contributed by atoms with Gasteiger partial charge in [-0.2, -0.15) is 0 Å². The highest BCUT2D eigenvalue weighted by molar-refractivity contribution is 5.99. The zero-order valence-electron chi connectivity index (χ0n) is 14.9. The summed E-state index contributed by atoms with van der Waals surface area (Å²) in [6.07, 6.45) is 6.49. The van der Waals surface area contributed by atoms with Gasteiger partial charge >= 0.3 is 0 Å². The van der Waals surface area contributed by atoms with Crippen molar-refractivity contribution in [2.75, 3.05) is 30.3 Å². The highest BCUT2D eigenvalue weighted by Crippen LogP contribution is 2.17. The van der Waals surface area contributed by atoms with E-state index < -0.39 is 0 Å². The zero-order valence-corrected chi connectivity index (χ0v) is 14.9. The van der Waals surface area contributed by atoms with Crippen LogP contribution in [-0.4, -0.2) is 30.5 Å². The summed E-state index contributed by atoms with van der Waals surface area (Å²) >= 11 is 0. The van der Waals surface area contributed by atoms with E-state index in [9.17, 15) is 4.79 Å². The van der Waals surface area contributed by atoms with E-state index in [0.29, 0.717) is 17.9 Å². The average Bonchev–Trinajstić information content (AvgIpc) is 2.56. The maximum absolute atomic E-state index is 12.3. The Morgan fingerprint density at radius 3 is 2.17 bits per heavy atom. The van der Waals surface area contributed by atoms with Gasteiger partial charge in [-0.25, -0.2) is 4.98 Å². The number of carbonyl (C=O) groups excluding carboxylic acids is 1. The third-order valence-electron chi connectivity index (χ3n) is 3.61. The molecule has 130 valence electrons. The van der Waals surface area contributed by atoms with Gasteiger partial charge in [0.2, 0.25) is 0 Å². The molecule has 1 aromatic heterocycles. The minimum absolute atomic E-state index is 0.0509. The van der Waals surface area contributed by atoms with E-state index in [4.69, 9.17) is 0 Å². The van der Waals surface area contributed by atoms with Gasteiger partial charge in [0, 0.05) is 19.6 Å². The lowest BCUT2D eigenvalue weighted by atomic mass is 10.2. The Kier molecular flexibility index (Phi) is 9.84. The first-order valence-corrected chi connectivity index (χ1v) is 8.99. The second-order valence-electron chi connectivity index (χ2n) is 5.76. The molecule has 3 N–H and O–H groups in total. The molecule has 0 spiro atoms. The van der Waals surface area contributed by atoms with Crippen molar-refractivity contribution >= 4 is 17.5 Å². The van der Waals surface area contributed by atoms with Crippen LogP contribution in [0.1, 0.15) is 69.7 Å². The number of unbranched alkanes of at least 4 members (excludes halogenated alkanes) is 3. The fourth-order valence-electron chi connectivity index (χ4n) is 2.13. The second-order valence-corrected chi connectivity index (χ2v) is 5.76. The first-order chi connectivity index (χ1) is 11.2. The summed E-state index contributed by atoms with van der Waals surface area (Å²) in [6, 6.07) is 3.74. The van der Waals surface area contributed by atoms with E-state index in [-0.39, 0.29) is 5.91 Å². The number of pyridine rings is 1. The van der Waals surface area contributed by atoms with Crippen LogP contribution in [-0.2, 0) is 0 Å². The molecule has 0 saturated heterocycles. The van der Waals surface area contributed by atoms with Gasteiger partial charge in [-0.1, -0.05) is 40.0 Å². The summed E-state index contributed by atoms with van der Waals surface area (Å²) in [6.45, 7) is 8.87. The predicted molar refractivity (Wildman–Crippen MR) is 98.3 cm³/mol. The van der Waals surface area contributed by atoms with Crippen LogP contribution in [0.5, 0.6) is 0 Å². The number of aromatic nitrogens is 1. The lowest BCUT2D eigenvalue weighted by Crippen LogP contribution is -2.26. The lowest BCUT2D eigenvalue weighted by molar-refractivity contribution is 0.0953. The molecule has 0 radical (unpaired) electrons. The molecule has 0 bridgehead atoms. The Morgan fingerprint density at radius 2 is 1.52 bits per heavy atom. The van der Waals surface area contributed by atoms with E-state index in [0.717, 1.165) is 57.4 Å². The van der Waals surface area contributed by atoms with Crippen molar-refractivity contribution in [3.63, 3.8) is 0 Å². The molecule has 0 atom stereocenters. The van der Waals surface area contributed by atoms with Crippen molar-refractivity contribution in [2.45, 2.75) is 59.3 Å². The molecule has 0 aliphatic carbocycles. The van der Waals surface area contributed by atoms with Gasteiger partial charge in [-0.15, -0.1) is 0 Å². The van der Waals surface area contributed by atoms with Crippen molar-refractivity contribution in [3.05, 3.63) is 17.7 Å². The molecule has 1 amide bonds. The number of hydrogen-bond donors (Lipinski definition) is 3. The Bertz CT molecular complexity index is 462. The molecule has 0 aromatic carbocycles. The first kappa shape index (κ1) is 19.3. The smallest absolute Gasteiger partial charge is 0.255 e. The minimum Gasteiger partial charge on any atom is -0.370 e. The Balaban J connectivity index is 2.78. The molecule has 5 heteroatoms. The molecular formula is C18H32N4O. The fourth-order valence-corrected chi connectivity index (χ4v) is 2.13. The molecule has 1 aromatic rings. The fraction of sp³-hybridized carbons (Fsp3) is 0.667. The third kappa shape index (κ3) is 7.35. The quantitative estimate of drug-likeness (QED) is 0.509. The molecule has 5 nitrogen and oxygen atoms in total. The molecule has 0 aliphatic heterocycles. The SMILES string of the molecule is CCCCNC(=O)c1ccc(NCCCC)nc1NCCCC. The van der Waals surface area contributed by atoms with Crippen molar-refractivity contribution in [2.24, 2.45) is 0 Å². The molecule has 1 heterocycles. The summed E-state index contributed by atoms with van der Waals surface area (Å²) in [5.41, 5.74) is 0.623. The van der Waals surface area contributed by atoms with Gasteiger partial charge < -0.3 is 16.0 Å². The van der Waals surface area contributed by atoms with Crippen molar-refractivity contribution in [1.29, 1.82) is 0 Å². The van der Waals surface area contributed by atoms with Crippen LogP contribution < -0.4 is 16.0 Å². The van der Waals surface area contributed by atoms with Crippen LogP contribution in [0.3, 0.4) is 0 Å². The summed E-state index contributed by atoms with van der Waals surface area (Å²) in [5, 5.41) is 9.58. The molecule has 1 rings (SSSR count). The molecule has 0 unspecified atom stereocenters. The minimum atomic E-state index is -0.0509. The van der Waals surface area contributed by atoms with Crippen LogP contribution in [0.25, 0.3) is 0 Å². The second kappa shape index (κ2) is 11.7. The number of nitrogens with one attached hydrogen (secondary N) is 3. The molecule has 23 heavy (non-hydrogen) atoms. The van der Waals surface area contributed by atoms with Crippen molar-refractivity contribution < 1.29 is 4.79 Å². The normalized spacial score (nSPS) is 10.4. The van der Waals surface area contributed by atoms with Gasteiger partial charge in [-0.3, -0.25) is 4.79 Å². The third-order valence-corrected chi connectivity index (χ3v) is 3.61. The van der Waals surface area contributed by atoms with Crippen LogP contribution in [0.15, 0.2) is 12.1 Å². The van der Waals surface area contributed by atoms with Crippen LogP contribution in [0.2, 0.25) is 0 Å². The van der Waals surface area contributed by atoms with Gasteiger partial charge in [0.1, 0.15) is 11.6 Å². The van der Waals surface area contributed by atoms with Gasteiger partial charge in [-0.05, 0) is 31.4 Å². The maximum Gasteiger partial charge on any atom is 0.255 e. The highest BCUT2D eigenvalue weighted by atomic mass is 16.1.